The van der Waals surface area contributed by atoms with Gasteiger partial charge in [-0.15, -0.1) is 0 Å². The van der Waals surface area contributed by atoms with E-state index in [1.165, 1.54) is 44.6 Å². The molecule has 0 spiro atoms. The molecule has 0 heterocycles. The van der Waals surface area contributed by atoms with Gasteiger partial charge in [0.1, 0.15) is 23.1 Å². The van der Waals surface area contributed by atoms with Gasteiger partial charge < -0.3 is 25.1 Å². The van der Waals surface area contributed by atoms with Crippen molar-refractivity contribution in [1.82, 2.24) is 0 Å². The van der Waals surface area contributed by atoms with Crippen LogP contribution >= 0.6 is 0 Å². The number of aliphatic carboxylic acids is 1. The number of rotatable bonds is 15. The molecule has 0 bridgehead atoms. The Morgan fingerprint density at radius 3 is 1.58 bits per heavy atom. The van der Waals surface area contributed by atoms with Gasteiger partial charge in [-0.3, -0.25) is 14.4 Å². The number of halogens is 2. The van der Waals surface area contributed by atoms with Crippen LogP contribution in [-0.2, 0) is 20.7 Å². The Bertz CT molecular complexity index is 1880. The third-order valence-electron chi connectivity index (χ3n) is 11.2. The molecule has 4 aromatic carbocycles. The van der Waals surface area contributed by atoms with Crippen LogP contribution in [0.25, 0.3) is 22.3 Å². The second kappa shape index (κ2) is 24.7. The molecule has 8 nitrogen and oxygen atoms in total. The second-order valence-corrected chi connectivity index (χ2v) is 15.2. The Morgan fingerprint density at radius 2 is 1.17 bits per heavy atom. The predicted octanol–water partition coefficient (Wildman–Crippen LogP) is 11.4. The molecule has 10 heteroatoms. The quantitative estimate of drug-likeness (QED) is 0.0898. The molecule has 3 N–H and O–H groups in total. The summed E-state index contributed by atoms with van der Waals surface area (Å²) in [6.07, 6.45) is 13.9. The topological polar surface area (TPSA) is 125 Å². The van der Waals surface area contributed by atoms with E-state index in [9.17, 15) is 23.2 Å². The van der Waals surface area contributed by atoms with Gasteiger partial charge >= 0.3 is 11.9 Å². The Morgan fingerprint density at radius 1 is 0.695 bits per heavy atom. The fraction of sp³-hybridized carbons (Fsp3) is 0.449. The maximum Gasteiger partial charge on any atom is 0.319 e. The number of benzene rings is 4. The summed E-state index contributed by atoms with van der Waals surface area (Å²) in [5, 5.41) is 8.76. The minimum absolute atomic E-state index is 0.0200. The molecule has 0 atom stereocenters. The van der Waals surface area contributed by atoms with Crippen LogP contribution in [-0.4, -0.2) is 48.7 Å². The Labute approximate surface area is 348 Å². The molecule has 2 aliphatic carbocycles. The summed E-state index contributed by atoms with van der Waals surface area (Å²) in [5.41, 5.74) is 8.07. The molecular weight excluding hydrogens is 753 g/mol. The minimum atomic E-state index is -0.852. The summed E-state index contributed by atoms with van der Waals surface area (Å²) in [7, 11) is 0. The van der Waals surface area contributed by atoms with E-state index in [1.54, 1.807) is 31.2 Å². The first-order valence-corrected chi connectivity index (χ1v) is 21.2. The summed E-state index contributed by atoms with van der Waals surface area (Å²) in [6.45, 7) is 6.64. The van der Waals surface area contributed by atoms with Crippen LogP contribution in [0.2, 0.25) is 0 Å². The maximum absolute atomic E-state index is 14.8. The molecule has 0 saturated heterocycles. The van der Waals surface area contributed by atoms with Gasteiger partial charge in [-0.25, -0.2) is 8.78 Å². The number of carboxylic acids is 1. The van der Waals surface area contributed by atoms with Gasteiger partial charge in [-0.1, -0.05) is 81.3 Å². The first-order valence-electron chi connectivity index (χ1n) is 21.2. The lowest BCUT2D eigenvalue weighted by Gasteiger charge is -2.28. The van der Waals surface area contributed by atoms with E-state index in [-0.39, 0.29) is 42.5 Å². The number of nitrogens with two attached hydrogens (primary N) is 1. The fourth-order valence-corrected chi connectivity index (χ4v) is 7.64. The molecule has 2 saturated carbocycles. The zero-order valence-electron chi connectivity index (χ0n) is 34.8. The highest BCUT2D eigenvalue weighted by atomic mass is 19.1. The Hall–Kier alpha value is -5.09. The van der Waals surface area contributed by atoms with Crippen molar-refractivity contribution in [1.29, 1.82) is 0 Å². The molecule has 318 valence electrons. The standard InChI is InChI=1S/C24H29FO3.C21H23FO2.C4H9NO2/c1-2-17-9-13-20(14-10-17)28-21-15-11-18(12-16-21)22-7-3-5-19(24(22)25)6-4-8-23(26)27;1-2-15-6-10-18(11-7-15)24-19-12-8-16(9-13-19)20-5-3-4-17(14-23)21(20)22;1-2-7-4(6)3-5/h3,5,7,11-12,15-17,20H,2,4,6,8-10,13-14H2,1H3,(H,26,27);3-5,8-9,12-15,18H,2,6-7,10-11H2,1H3;2-3,5H2,1H3. The number of carbonyl (C=O) groups excluding carboxylic acids is 2. The molecule has 0 amide bonds. The molecule has 0 radical (unpaired) electrons. The van der Waals surface area contributed by atoms with Crippen molar-refractivity contribution in [3.05, 3.63) is 108 Å². The van der Waals surface area contributed by atoms with E-state index >= 15 is 0 Å². The second-order valence-electron chi connectivity index (χ2n) is 15.2. The Kier molecular flexibility index (Phi) is 19.5. The predicted molar refractivity (Wildman–Crippen MR) is 229 cm³/mol. The third-order valence-corrected chi connectivity index (χ3v) is 11.2. The zero-order valence-corrected chi connectivity index (χ0v) is 34.8. The van der Waals surface area contributed by atoms with E-state index in [2.05, 4.69) is 18.6 Å². The zero-order chi connectivity index (χ0) is 42.6. The highest BCUT2D eigenvalue weighted by molar-refractivity contribution is 5.79. The number of esters is 1. The number of hydrogen-bond donors (Lipinski definition) is 2. The van der Waals surface area contributed by atoms with Crippen molar-refractivity contribution in [2.75, 3.05) is 13.2 Å². The van der Waals surface area contributed by atoms with Crippen LogP contribution in [0.3, 0.4) is 0 Å². The van der Waals surface area contributed by atoms with Gasteiger partial charge in [0, 0.05) is 17.5 Å². The summed E-state index contributed by atoms with van der Waals surface area (Å²) >= 11 is 0. The number of hydrogen-bond acceptors (Lipinski definition) is 7. The van der Waals surface area contributed by atoms with Gasteiger partial charge in [0.15, 0.2) is 6.29 Å². The van der Waals surface area contributed by atoms with Crippen molar-refractivity contribution >= 4 is 18.2 Å². The van der Waals surface area contributed by atoms with Crippen LogP contribution in [0.5, 0.6) is 11.5 Å². The van der Waals surface area contributed by atoms with Crippen LogP contribution in [0.15, 0.2) is 84.9 Å². The molecular formula is C49H61F2NO7. The van der Waals surface area contributed by atoms with Crippen molar-refractivity contribution in [3.8, 4) is 33.8 Å². The first kappa shape index (κ1) is 46.6. The van der Waals surface area contributed by atoms with Gasteiger partial charge in [-0.05, 0) is 130 Å². The molecule has 0 aromatic heterocycles. The van der Waals surface area contributed by atoms with E-state index < -0.39 is 11.8 Å². The van der Waals surface area contributed by atoms with Crippen molar-refractivity contribution < 1.29 is 42.5 Å². The maximum atomic E-state index is 14.8. The van der Waals surface area contributed by atoms with Crippen LogP contribution in [0, 0.1) is 23.5 Å². The third kappa shape index (κ3) is 14.9. The van der Waals surface area contributed by atoms with Crippen molar-refractivity contribution in [3.63, 3.8) is 0 Å². The molecule has 0 unspecified atom stereocenters. The van der Waals surface area contributed by atoms with Gasteiger partial charge in [-0.2, -0.15) is 0 Å². The van der Waals surface area contributed by atoms with E-state index in [1.807, 2.05) is 54.6 Å². The average Bonchev–Trinajstić information content (AvgIpc) is 3.26. The molecule has 2 aliphatic rings. The van der Waals surface area contributed by atoms with Gasteiger partial charge in [0.2, 0.25) is 0 Å². The monoisotopic (exact) mass is 813 g/mol. The lowest BCUT2D eigenvalue weighted by Crippen LogP contribution is -2.23. The largest absolute Gasteiger partial charge is 0.490 e. The molecule has 6 rings (SSSR count). The average molecular weight is 814 g/mol. The summed E-state index contributed by atoms with van der Waals surface area (Å²) in [5.74, 6) is 1.41. The lowest BCUT2D eigenvalue weighted by molar-refractivity contribution is -0.141. The van der Waals surface area contributed by atoms with Gasteiger partial charge in [0.25, 0.3) is 0 Å². The lowest BCUT2D eigenvalue weighted by atomic mass is 9.86. The number of carboxylic acid groups (broad SMARTS) is 1. The highest BCUT2D eigenvalue weighted by Crippen LogP contribution is 2.33. The summed E-state index contributed by atoms with van der Waals surface area (Å²) < 4.78 is 45.7. The van der Waals surface area contributed by atoms with Crippen molar-refractivity contribution in [2.45, 2.75) is 116 Å². The minimum Gasteiger partial charge on any atom is -0.490 e. The Balaban J connectivity index is 0.000000226. The number of aryl methyl sites for hydroxylation is 1. The SMILES string of the molecule is CCC1CCC(Oc2ccc(-c3cccc(C=O)c3F)cc2)CC1.CCC1CCC(Oc2ccc(-c3cccc(CCCC(=O)O)c3F)cc2)CC1.CCOC(=O)CN. The van der Waals surface area contributed by atoms with Crippen LogP contribution in [0.1, 0.15) is 114 Å². The summed E-state index contributed by atoms with van der Waals surface area (Å²) in [6, 6.07) is 25.3. The smallest absolute Gasteiger partial charge is 0.319 e. The number of aldehydes is 1. The van der Waals surface area contributed by atoms with E-state index in [0.717, 1.165) is 60.1 Å². The van der Waals surface area contributed by atoms with Crippen LogP contribution < -0.4 is 15.2 Å². The molecule has 4 aromatic rings. The fourth-order valence-electron chi connectivity index (χ4n) is 7.64. The number of ether oxygens (including phenoxy) is 3. The first-order chi connectivity index (χ1) is 28.6. The molecule has 0 aliphatic heterocycles. The molecule has 59 heavy (non-hydrogen) atoms. The number of carbonyl (C=O) groups is 3. The normalized spacial score (nSPS) is 18.5. The van der Waals surface area contributed by atoms with E-state index in [4.69, 9.17) is 20.3 Å². The van der Waals surface area contributed by atoms with E-state index in [0.29, 0.717) is 42.4 Å². The highest BCUT2D eigenvalue weighted by Gasteiger charge is 2.22. The summed E-state index contributed by atoms with van der Waals surface area (Å²) in [4.78, 5) is 31.6. The van der Waals surface area contributed by atoms with Crippen LogP contribution in [0.4, 0.5) is 8.78 Å². The van der Waals surface area contributed by atoms with Gasteiger partial charge in [0.05, 0.1) is 30.9 Å². The van der Waals surface area contributed by atoms with Crippen molar-refractivity contribution in [2.24, 2.45) is 17.6 Å². The molecule has 2 fully saturated rings.